The number of aliphatic hydroxyl groups is 1. The highest BCUT2D eigenvalue weighted by atomic mass is 32.1. The summed E-state index contributed by atoms with van der Waals surface area (Å²) in [5.74, 6) is 0. The van der Waals surface area contributed by atoms with Crippen molar-refractivity contribution in [2.45, 2.75) is 25.3 Å². The van der Waals surface area contributed by atoms with Crippen LogP contribution in [0.25, 0.3) is 0 Å². The number of anilines is 1. The quantitative estimate of drug-likeness (QED) is 0.802. The SMILES string of the molecule is Cc1nnc(NC2(CO)CCOCC2)s1. The number of rotatable bonds is 3. The molecule has 6 heteroatoms. The van der Waals surface area contributed by atoms with Crippen molar-refractivity contribution in [1.82, 2.24) is 10.2 Å². The van der Waals surface area contributed by atoms with Gasteiger partial charge >= 0.3 is 0 Å². The Bertz CT molecular complexity index is 323. The van der Waals surface area contributed by atoms with Crippen LogP contribution >= 0.6 is 11.3 Å². The molecule has 0 amide bonds. The number of aliphatic hydroxyl groups excluding tert-OH is 1. The summed E-state index contributed by atoms with van der Waals surface area (Å²) in [5, 5.41) is 22.4. The first-order valence-corrected chi connectivity index (χ1v) is 5.83. The van der Waals surface area contributed by atoms with Crippen LogP contribution in [0.3, 0.4) is 0 Å². The third-order valence-corrected chi connectivity index (χ3v) is 3.40. The Balaban J connectivity index is 2.06. The first-order chi connectivity index (χ1) is 7.24. The summed E-state index contributed by atoms with van der Waals surface area (Å²) in [6.07, 6.45) is 1.62. The summed E-state index contributed by atoms with van der Waals surface area (Å²) < 4.78 is 5.29. The van der Waals surface area contributed by atoms with E-state index in [4.69, 9.17) is 4.74 Å². The number of nitrogens with zero attached hydrogens (tertiary/aromatic N) is 2. The van der Waals surface area contributed by atoms with Gasteiger partial charge in [-0.15, -0.1) is 10.2 Å². The Morgan fingerprint density at radius 2 is 2.20 bits per heavy atom. The number of hydrogen-bond acceptors (Lipinski definition) is 6. The molecule has 0 aromatic carbocycles. The second-order valence-electron chi connectivity index (χ2n) is 3.80. The Hall–Kier alpha value is -0.720. The third-order valence-electron chi connectivity index (χ3n) is 2.65. The number of ether oxygens (including phenoxy) is 1. The Labute approximate surface area is 92.5 Å². The van der Waals surface area contributed by atoms with Crippen molar-refractivity contribution in [2.24, 2.45) is 0 Å². The van der Waals surface area contributed by atoms with Gasteiger partial charge in [0.05, 0.1) is 12.1 Å². The van der Waals surface area contributed by atoms with E-state index in [-0.39, 0.29) is 12.1 Å². The molecule has 1 aromatic heterocycles. The monoisotopic (exact) mass is 229 g/mol. The van der Waals surface area contributed by atoms with Gasteiger partial charge in [-0.05, 0) is 19.8 Å². The maximum Gasteiger partial charge on any atom is 0.206 e. The topological polar surface area (TPSA) is 67.3 Å². The third kappa shape index (κ3) is 2.45. The van der Waals surface area contributed by atoms with Gasteiger partial charge in [0.25, 0.3) is 0 Å². The summed E-state index contributed by atoms with van der Waals surface area (Å²) in [4.78, 5) is 0. The van der Waals surface area contributed by atoms with Gasteiger partial charge in [0.2, 0.25) is 5.13 Å². The van der Waals surface area contributed by atoms with Crippen LogP contribution in [-0.4, -0.2) is 40.7 Å². The van der Waals surface area contributed by atoms with Crippen molar-refractivity contribution in [3.63, 3.8) is 0 Å². The van der Waals surface area contributed by atoms with Gasteiger partial charge in [-0.25, -0.2) is 0 Å². The molecule has 1 saturated heterocycles. The summed E-state index contributed by atoms with van der Waals surface area (Å²) >= 11 is 1.51. The highest BCUT2D eigenvalue weighted by Gasteiger charge is 2.32. The average molecular weight is 229 g/mol. The lowest BCUT2D eigenvalue weighted by Crippen LogP contribution is -2.46. The molecule has 2 rings (SSSR count). The molecule has 2 heterocycles. The second kappa shape index (κ2) is 4.42. The molecule has 0 saturated carbocycles. The molecule has 0 bridgehead atoms. The summed E-state index contributed by atoms with van der Waals surface area (Å²) in [6.45, 7) is 3.39. The zero-order chi connectivity index (χ0) is 10.7. The predicted octanol–water partition coefficient (Wildman–Crippen LogP) is 0.800. The molecule has 1 aromatic rings. The number of aromatic nitrogens is 2. The van der Waals surface area contributed by atoms with Gasteiger partial charge in [0.1, 0.15) is 5.01 Å². The zero-order valence-electron chi connectivity index (χ0n) is 8.69. The molecule has 15 heavy (non-hydrogen) atoms. The van der Waals surface area contributed by atoms with Crippen LogP contribution in [0.1, 0.15) is 17.8 Å². The average Bonchev–Trinajstić information content (AvgIpc) is 2.65. The number of aryl methyl sites for hydroxylation is 1. The molecule has 5 nitrogen and oxygen atoms in total. The number of hydrogen-bond donors (Lipinski definition) is 2. The van der Waals surface area contributed by atoms with Crippen molar-refractivity contribution in [3.8, 4) is 0 Å². The molecule has 84 valence electrons. The van der Waals surface area contributed by atoms with Crippen LogP contribution in [0.5, 0.6) is 0 Å². The van der Waals surface area contributed by atoms with Crippen molar-refractivity contribution < 1.29 is 9.84 Å². The van der Waals surface area contributed by atoms with Crippen molar-refractivity contribution in [1.29, 1.82) is 0 Å². The van der Waals surface area contributed by atoms with Gasteiger partial charge < -0.3 is 15.2 Å². The minimum atomic E-state index is -0.274. The smallest absolute Gasteiger partial charge is 0.206 e. The second-order valence-corrected chi connectivity index (χ2v) is 4.98. The first-order valence-electron chi connectivity index (χ1n) is 5.01. The normalized spacial score (nSPS) is 20.1. The maximum atomic E-state index is 9.45. The molecule has 0 radical (unpaired) electrons. The summed E-state index contributed by atoms with van der Waals surface area (Å²) in [7, 11) is 0. The van der Waals surface area contributed by atoms with E-state index in [1.165, 1.54) is 11.3 Å². The summed E-state index contributed by atoms with van der Waals surface area (Å²) in [5.41, 5.74) is -0.274. The minimum Gasteiger partial charge on any atom is -0.394 e. The van der Waals surface area contributed by atoms with Crippen LogP contribution in [0.15, 0.2) is 0 Å². The molecule has 0 spiro atoms. The van der Waals surface area contributed by atoms with Crippen molar-refractivity contribution in [3.05, 3.63) is 5.01 Å². The van der Waals surface area contributed by atoms with E-state index in [2.05, 4.69) is 15.5 Å². The molecule has 0 aliphatic carbocycles. The van der Waals surface area contributed by atoms with Crippen LogP contribution < -0.4 is 5.32 Å². The van der Waals surface area contributed by atoms with Crippen LogP contribution in [0.4, 0.5) is 5.13 Å². The first kappa shape index (κ1) is 10.8. The van der Waals surface area contributed by atoms with E-state index >= 15 is 0 Å². The van der Waals surface area contributed by atoms with Gasteiger partial charge in [0, 0.05) is 13.2 Å². The van der Waals surface area contributed by atoms with Crippen LogP contribution in [0, 0.1) is 6.92 Å². The molecular formula is C9H15N3O2S. The lowest BCUT2D eigenvalue weighted by molar-refractivity contribution is 0.0379. The standard InChI is InChI=1S/C9H15N3O2S/c1-7-11-12-8(15-7)10-9(6-13)2-4-14-5-3-9/h13H,2-6H2,1H3,(H,10,12). The molecule has 1 aliphatic rings. The highest BCUT2D eigenvalue weighted by molar-refractivity contribution is 7.15. The molecular weight excluding hydrogens is 214 g/mol. The van der Waals surface area contributed by atoms with E-state index in [0.29, 0.717) is 13.2 Å². The molecule has 0 atom stereocenters. The fourth-order valence-corrected chi connectivity index (χ4v) is 2.37. The Kier molecular flexibility index (Phi) is 3.18. The van der Waals surface area contributed by atoms with E-state index in [1.807, 2.05) is 6.92 Å². The maximum absolute atomic E-state index is 9.45. The Morgan fingerprint density at radius 3 is 2.73 bits per heavy atom. The minimum absolute atomic E-state index is 0.106. The lowest BCUT2D eigenvalue weighted by atomic mass is 9.91. The number of nitrogens with one attached hydrogen (secondary N) is 1. The van der Waals surface area contributed by atoms with Gasteiger partial charge in [0.15, 0.2) is 0 Å². The fourth-order valence-electron chi connectivity index (χ4n) is 1.66. The van der Waals surface area contributed by atoms with E-state index in [9.17, 15) is 5.11 Å². The fraction of sp³-hybridized carbons (Fsp3) is 0.778. The van der Waals surface area contributed by atoms with Gasteiger partial charge in [-0.1, -0.05) is 11.3 Å². The van der Waals surface area contributed by atoms with E-state index < -0.39 is 0 Å². The highest BCUT2D eigenvalue weighted by Crippen LogP contribution is 2.26. The van der Waals surface area contributed by atoms with Gasteiger partial charge in [-0.3, -0.25) is 0 Å². The van der Waals surface area contributed by atoms with Gasteiger partial charge in [-0.2, -0.15) is 0 Å². The Morgan fingerprint density at radius 1 is 1.47 bits per heavy atom. The summed E-state index contributed by atoms with van der Waals surface area (Å²) in [6, 6.07) is 0. The molecule has 2 N–H and O–H groups in total. The van der Waals surface area contributed by atoms with Crippen LogP contribution in [-0.2, 0) is 4.74 Å². The van der Waals surface area contributed by atoms with Crippen LogP contribution in [0.2, 0.25) is 0 Å². The van der Waals surface area contributed by atoms with Crippen molar-refractivity contribution in [2.75, 3.05) is 25.1 Å². The largest absolute Gasteiger partial charge is 0.394 e. The van der Waals surface area contributed by atoms with E-state index in [1.54, 1.807) is 0 Å². The van der Waals surface area contributed by atoms with E-state index in [0.717, 1.165) is 23.0 Å². The van der Waals surface area contributed by atoms with Crippen molar-refractivity contribution >= 4 is 16.5 Å². The molecule has 1 fully saturated rings. The predicted molar refractivity (Wildman–Crippen MR) is 58.1 cm³/mol. The molecule has 1 aliphatic heterocycles. The zero-order valence-corrected chi connectivity index (χ0v) is 9.51. The molecule has 0 unspecified atom stereocenters. The lowest BCUT2D eigenvalue weighted by Gasteiger charge is -2.35.